The Balaban J connectivity index is 2.02. The number of hydrogen-bond donors (Lipinski definition) is 2. The minimum atomic E-state index is -4.18. The summed E-state index contributed by atoms with van der Waals surface area (Å²) in [6, 6.07) is 8.01. The van der Waals surface area contributed by atoms with Gasteiger partial charge in [-0.25, -0.2) is 22.2 Å². The smallest absolute Gasteiger partial charge is 0.276 e. The maximum atomic E-state index is 13.2. The van der Waals surface area contributed by atoms with Gasteiger partial charge in [-0.05, 0) is 57.5 Å². The molecule has 0 unspecified atom stereocenters. The minimum absolute atomic E-state index is 0.0141. The van der Waals surface area contributed by atoms with Crippen LogP contribution in [0, 0.1) is 22.9 Å². The molecule has 0 radical (unpaired) electrons. The predicted molar refractivity (Wildman–Crippen MR) is 130 cm³/mol. The van der Waals surface area contributed by atoms with Gasteiger partial charge < -0.3 is 10.1 Å². The normalized spacial score (nSPS) is 12.2. The molecule has 0 aliphatic carbocycles. The number of benzene rings is 2. The fourth-order valence-corrected chi connectivity index (χ4v) is 4.71. The lowest BCUT2D eigenvalue weighted by Gasteiger charge is -2.16. The fraction of sp³-hybridized carbons (Fsp3) is 0.304. The predicted octanol–water partition coefficient (Wildman–Crippen LogP) is 4.38. The maximum absolute atomic E-state index is 13.2. The Labute approximate surface area is 207 Å². The molecule has 1 aromatic heterocycles. The maximum Gasteiger partial charge on any atom is 0.276 e. The van der Waals surface area contributed by atoms with Crippen molar-refractivity contribution in [3.05, 3.63) is 69.7 Å². The summed E-state index contributed by atoms with van der Waals surface area (Å²) in [5.74, 6) is -1.10. The summed E-state index contributed by atoms with van der Waals surface area (Å²) >= 11 is 0. The second-order valence-corrected chi connectivity index (χ2v) is 9.66. The van der Waals surface area contributed by atoms with Crippen LogP contribution in [0.15, 0.2) is 47.4 Å². The lowest BCUT2D eigenvalue weighted by atomic mass is 10.2. The molecule has 13 heteroatoms. The van der Waals surface area contributed by atoms with Crippen molar-refractivity contribution in [3.63, 3.8) is 0 Å². The lowest BCUT2D eigenvalue weighted by Crippen LogP contribution is -2.32. The number of carbonyl (C=O) groups is 1. The number of nitro groups is 1. The molecule has 36 heavy (non-hydrogen) atoms. The zero-order valence-corrected chi connectivity index (χ0v) is 20.9. The number of sulfonamides is 1. The summed E-state index contributed by atoms with van der Waals surface area (Å²) < 4.78 is 49.0. The molecular formula is C23H26FN5O6S. The van der Waals surface area contributed by atoms with Gasteiger partial charge in [-0.2, -0.15) is 5.10 Å². The average Bonchev–Trinajstić information content (AvgIpc) is 3.15. The number of anilines is 1. The van der Waals surface area contributed by atoms with Crippen LogP contribution in [-0.4, -0.2) is 35.1 Å². The fourth-order valence-electron chi connectivity index (χ4n) is 3.24. The standard InChI is InChI=1S/C23H26FN5O6S/c1-5-14(3)27-36(33,34)20-13-18(29(31)32)11-12-19(20)35-23-15(4)21(26-28(23)6-2)22(30)25-17-9-7-16(24)8-10-17/h7-14,27H,5-6H2,1-4H3,(H,25,30)/t14-/m0/s1. The van der Waals surface area contributed by atoms with E-state index in [4.69, 9.17) is 4.74 Å². The molecule has 0 aliphatic rings. The van der Waals surface area contributed by atoms with Crippen molar-refractivity contribution in [2.45, 2.75) is 51.6 Å². The number of carbonyl (C=O) groups excluding carboxylic acids is 1. The third-order valence-corrected chi connectivity index (χ3v) is 6.96. The second kappa shape index (κ2) is 10.8. The van der Waals surface area contributed by atoms with Crippen molar-refractivity contribution in [2.75, 3.05) is 5.32 Å². The Morgan fingerprint density at radius 3 is 2.47 bits per heavy atom. The number of nitro benzene ring substituents is 1. The quantitative estimate of drug-likeness (QED) is 0.299. The van der Waals surface area contributed by atoms with Crippen LogP contribution in [0.5, 0.6) is 11.6 Å². The SMILES string of the molecule is CC[C@H](C)NS(=O)(=O)c1cc([N+](=O)[O-])ccc1Oc1c(C)c(C(=O)Nc2ccc(F)cc2)nn1CC. The van der Waals surface area contributed by atoms with E-state index in [1.807, 2.05) is 0 Å². The zero-order chi connectivity index (χ0) is 26.6. The van der Waals surface area contributed by atoms with Crippen LogP contribution in [0.1, 0.15) is 43.2 Å². The number of aryl methyl sites for hydroxylation is 1. The van der Waals surface area contributed by atoms with Gasteiger partial charge in [-0.3, -0.25) is 14.9 Å². The molecule has 1 atom stereocenters. The van der Waals surface area contributed by atoms with Crippen LogP contribution in [-0.2, 0) is 16.6 Å². The van der Waals surface area contributed by atoms with E-state index < -0.39 is 43.3 Å². The number of nitrogens with zero attached hydrogens (tertiary/aromatic N) is 3. The van der Waals surface area contributed by atoms with E-state index in [0.717, 1.165) is 12.1 Å². The number of nitrogens with one attached hydrogen (secondary N) is 2. The number of aromatic nitrogens is 2. The highest BCUT2D eigenvalue weighted by molar-refractivity contribution is 7.89. The van der Waals surface area contributed by atoms with Crippen LogP contribution in [0.25, 0.3) is 0 Å². The largest absolute Gasteiger partial charge is 0.438 e. The van der Waals surface area contributed by atoms with E-state index in [-0.39, 0.29) is 23.9 Å². The molecule has 3 rings (SSSR count). The van der Waals surface area contributed by atoms with Gasteiger partial charge in [0.15, 0.2) is 5.69 Å². The first kappa shape index (κ1) is 26.8. The van der Waals surface area contributed by atoms with Gasteiger partial charge in [0, 0.05) is 36.0 Å². The van der Waals surface area contributed by atoms with Crippen molar-refractivity contribution >= 4 is 27.3 Å². The number of rotatable bonds is 10. The third kappa shape index (κ3) is 5.86. The highest BCUT2D eigenvalue weighted by atomic mass is 32.2. The molecule has 3 aromatic rings. The van der Waals surface area contributed by atoms with Crippen LogP contribution in [0.2, 0.25) is 0 Å². The van der Waals surface area contributed by atoms with Gasteiger partial charge in [0.2, 0.25) is 15.9 Å². The van der Waals surface area contributed by atoms with Crippen molar-refractivity contribution in [3.8, 4) is 11.6 Å². The summed E-state index contributed by atoms with van der Waals surface area (Å²) in [7, 11) is -4.18. The number of hydrogen-bond acceptors (Lipinski definition) is 7. The highest BCUT2D eigenvalue weighted by Gasteiger charge is 2.28. The molecule has 0 bridgehead atoms. The van der Waals surface area contributed by atoms with E-state index in [1.54, 1.807) is 27.7 Å². The lowest BCUT2D eigenvalue weighted by molar-refractivity contribution is -0.385. The van der Waals surface area contributed by atoms with Crippen molar-refractivity contribution < 1.29 is 27.3 Å². The Bertz CT molecular complexity index is 1390. The molecule has 192 valence electrons. The van der Waals surface area contributed by atoms with Crippen LogP contribution in [0.3, 0.4) is 0 Å². The number of ether oxygens (including phenoxy) is 1. The molecule has 2 aromatic carbocycles. The van der Waals surface area contributed by atoms with Crippen LogP contribution < -0.4 is 14.8 Å². The molecule has 11 nitrogen and oxygen atoms in total. The summed E-state index contributed by atoms with van der Waals surface area (Å²) in [5.41, 5.74) is 0.259. The van der Waals surface area contributed by atoms with Crippen molar-refractivity contribution in [1.29, 1.82) is 0 Å². The molecule has 0 saturated carbocycles. The number of non-ortho nitro benzene ring substituents is 1. The van der Waals surface area contributed by atoms with Gasteiger partial charge in [0.1, 0.15) is 16.5 Å². The first-order chi connectivity index (χ1) is 17.0. The van der Waals surface area contributed by atoms with Gasteiger partial charge in [0.25, 0.3) is 11.6 Å². The monoisotopic (exact) mass is 519 g/mol. The van der Waals surface area contributed by atoms with E-state index in [1.165, 1.54) is 35.0 Å². The summed E-state index contributed by atoms with van der Waals surface area (Å²) in [6.07, 6.45) is 0.499. The number of halogens is 1. The van der Waals surface area contributed by atoms with Gasteiger partial charge in [0.05, 0.1) is 4.92 Å². The zero-order valence-electron chi connectivity index (χ0n) is 20.1. The molecule has 0 spiro atoms. The van der Waals surface area contributed by atoms with Crippen molar-refractivity contribution in [2.24, 2.45) is 0 Å². The Hall–Kier alpha value is -3.84. The second-order valence-electron chi connectivity index (χ2n) is 7.98. The first-order valence-electron chi connectivity index (χ1n) is 11.1. The van der Waals surface area contributed by atoms with Crippen LogP contribution in [0.4, 0.5) is 15.8 Å². The molecule has 0 fully saturated rings. The van der Waals surface area contributed by atoms with Crippen molar-refractivity contribution in [1.82, 2.24) is 14.5 Å². The van der Waals surface area contributed by atoms with E-state index in [9.17, 15) is 27.7 Å². The topological polar surface area (TPSA) is 145 Å². The van der Waals surface area contributed by atoms with E-state index in [0.29, 0.717) is 17.7 Å². The molecule has 1 amide bonds. The minimum Gasteiger partial charge on any atom is -0.438 e. The third-order valence-electron chi connectivity index (χ3n) is 5.35. The molecule has 0 aliphatic heterocycles. The van der Waals surface area contributed by atoms with E-state index in [2.05, 4.69) is 15.1 Å². The Morgan fingerprint density at radius 2 is 1.89 bits per heavy atom. The summed E-state index contributed by atoms with van der Waals surface area (Å²) in [4.78, 5) is 23.0. The van der Waals surface area contributed by atoms with Gasteiger partial charge in [-0.15, -0.1) is 0 Å². The summed E-state index contributed by atoms with van der Waals surface area (Å²) in [6.45, 7) is 7.06. The van der Waals surface area contributed by atoms with Crippen LogP contribution >= 0.6 is 0 Å². The van der Waals surface area contributed by atoms with Gasteiger partial charge >= 0.3 is 0 Å². The Morgan fingerprint density at radius 1 is 1.22 bits per heavy atom. The first-order valence-corrected chi connectivity index (χ1v) is 12.6. The molecule has 0 saturated heterocycles. The highest BCUT2D eigenvalue weighted by Crippen LogP contribution is 2.34. The molecule has 2 N–H and O–H groups in total. The molecule has 1 heterocycles. The average molecular weight is 520 g/mol. The summed E-state index contributed by atoms with van der Waals surface area (Å²) in [5, 5.41) is 18.2. The van der Waals surface area contributed by atoms with E-state index >= 15 is 0 Å². The Kier molecular flexibility index (Phi) is 8.05. The number of amides is 1. The molecular weight excluding hydrogens is 493 g/mol. The van der Waals surface area contributed by atoms with Gasteiger partial charge in [-0.1, -0.05) is 6.92 Å².